The number of sulfonamides is 1. The molecule has 23 heavy (non-hydrogen) atoms. The van der Waals surface area contributed by atoms with Gasteiger partial charge in [0.15, 0.2) is 0 Å². The second kappa shape index (κ2) is 7.34. The summed E-state index contributed by atoms with van der Waals surface area (Å²) in [5.74, 6) is 0.00907. The van der Waals surface area contributed by atoms with Crippen molar-refractivity contribution >= 4 is 21.7 Å². The average molecular weight is 333 g/mol. The number of hydrogen-bond acceptors (Lipinski definition) is 4. The third-order valence-electron chi connectivity index (χ3n) is 3.35. The minimum atomic E-state index is -3.59. The van der Waals surface area contributed by atoms with Crippen LogP contribution in [0.2, 0.25) is 0 Å². The molecule has 6 nitrogen and oxygen atoms in total. The number of carbonyl (C=O) groups excluding carboxylic acids is 1. The lowest BCUT2D eigenvalue weighted by Crippen LogP contribution is -2.30. The van der Waals surface area contributed by atoms with E-state index in [-0.39, 0.29) is 10.5 Å². The zero-order valence-corrected chi connectivity index (χ0v) is 13.9. The van der Waals surface area contributed by atoms with Gasteiger partial charge in [-0.2, -0.15) is 4.31 Å². The summed E-state index contributed by atoms with van der Waals surface area (Å²) in [5.41, 5.74) is 0.267. The van der Waals surface area contributed by atoms with Crippen LogP contribution in [0.3, 0.4) is 0 Å². The first-order chi connectivity index (χ1) is 11.0. The topological polar surface area (TPSA) is 79.4 Å². The van der Waals surface area contributed by atoms with Gasteiger partial charge >= 0.3 is 0 Å². The van der Waals surface area contributed by atoms with E-state index < -0.39 is 15.9 Å². The maximum Gasteiger partial charge on any atom is 0.256 e. The molecule has 2 rings (SSSR count). The largest absolute Gasteiger partial charge is 0.307 e. The third-order valence-corrected chi connectivity index (χ3v) is 5.39. The van der Waals surface area contributed by atoms with Crippen molar-refractivity contribution in [3.63, 3.8) is 0 Å². The first-order valence-electron chi connectivity index (χ1n) is 7.31. The van der Waals surface area contributed by atoms with Crippen molar-refractivity contribution in [3.8, 4) is 0 Å². The molecule has 0 aliphatic heterocycles. The molecule has 1 N–H and O–H groups in total. The number of carbonyl (C=O) groups is 1. The van der Waals surface area contributed by atoms with Crippen LogP contribution in [0.4, 0.5) is 5.82 Å². The molecular formula is C16H19N3O3S. The molecule has 0 fully saturated rings. The van der Waals surface area contributed by atoms with Crippen LogP contribution in [0, 0.1) is 0 Å². The summed E-state index contributed by atoms with van der Waals surface area (Å²) in [4.78, 5) is 16.4. The molecule has 2 aromatic rings. The Morgan fingerprint density at radius 3 is 2.48 bits per heavy atom. The molecule has 1 amide bonds. The number of anilines is 1. The lowest BCUT2D eigenvalue weighted by Gasteiger charge is -2.18. The number of benzene rings is 1. The van der Waals surface area contributed by atoms with Crippen LogP contribution in [0.25, 0.3) is 0 Å². The Morgan fingerprint density at radius 1 is 1.13 bits per heavy atom. The summed E-state index contributed by atoms with van der Waals surface area (Å²) < 4.78 is 26.4. The fraction of sp³-hybridized carbons (Fsp3) is 0.250. The van der Waals surface area contributed by atoms with E-state index in [4.69, 9.17) is 0 Å². The SMILES string of the molecule is CCN(CC)S(=O)(=O)c1cccc(C(=O)Nc2ccccn2)c1. The highest BCUT2D eigenvalue weighted by atomic mass is 32.2. The van der Waals surface area contributed by atoms with E-state index in [9.17, 15) is 13.2 Å². The molecular weight excluding hydrogens is 314 g/mol. The van der Waals surface area contributed by atoms with Gasteiger partial charge < -0.3 is 5.32 Å². The number of nitrogens with one attached hydrogen (secondary N) is 1. The van der Waals surface area contributed by atoms with E-state index in [0.29, 0.717) is 18.9 Å². The van der Waals surface area contributed by atoms with Crippen molar-refractivity contribution in [3.05, 3.63) is 54.2 Å². The first-order valence-corrected chi connectivity index (χ1v) is 8.75. The van der Waals surface area contributed by atoms with Crippen LogP contribution in [-0.2, 0) is 10.0 Å². The Morgan fingerprint density at radius 2 is 1.87 bits per heavy atom. The normalized spacial score (nSPS) is 11.4. The van der Waals surface area contributed by atoms with E-state index in [1.54, 1.807) is 50.4 Å². The maximum absolute atomic E-state index is 12.5. The molecule has 0 spiro atoms. The van der Waals surface area contributed by atoms with Crippen molar-refractivity contribution in [2.24, 2.45) is 0 Å². The highest BCUT2D eigenvalue weighted by Crippen LogP contribution is 2.17. The van der Waals surface area contributed by atoms with Gasteiger partial charge in [-0.15, -0.1) is 0 Å². The molecule has 1 aromatic carbocycles. The number of hydrogen-bond donors (Lipinski definition) is 1. The summed E-state index contributed by atoms with van der Waals surface area (Å²) >= 11 is 0. The molecule has 0 saturated heterocycles. The highest BCUT2D eigenvalue weighted by molar-refractivity contribution is 7.89. The molecule has 0 aliphatic rings. The van der Waals surface area contributed by atoms with Crippen LogP contribution in [0.5, 0.6) is 0 Å². The summed E-state index contributed by atoms with van der Waals surface area (Å²) in [6.45, 7) is 4.31. The monoisotopic (exact) mass is 333 g/mol. The number of aromatic nitrogens is 1. The molecule has 0 bridgehead atoms. The lowest BCUT2D eigenvalue weighted by atomic mass is 10.2. The van der Waals surface area contributed by atoms with Crippen molar-refractivity contribution in [2.45, 2.75) is 18.7 Å². The van der Waals surface area contributed by atoms with Gasteiger partial charge in [0.1, 0.15) is 5.82 Å². The van der Waals surface area contributed by atoms with Gasteiger partial charge in [-0.05, 0) is 30.3 Å². The molecule has 1 heterocycles. The zero-order chi connectivity index (χ0) is 16.9. The van der Waals surface area contributed by atoms with E-state index in [2.05, 4.69) is 10.3 Å². The summed E-state index contributed by atoms with van der Waals surface area (Å²) in [6, 6.07) is 11.2. The number of nitrogens with zero attached hydrogens (tertiary/aromatic N) is 2. The van der Waals surface area contributed by atoms with Crippen LogP contribution in [0.15, 0.2) is 53.6 Å². The van der Waals surface area contributed by atoms with Crippen molar-refractivity contribution in [1.29, 1.82) is 0 Å². The Kier molecular flexibility index (Phi) is 5.46. The van der Waals surface area contributed by atoms with E-state index in [1.165, 1.54) is 16.4 Å². The minimum absolute atomic E-state index is 0.106. The van der Waals surface area contributed by atoms with Crippen molar-refractivity contribution in [1.82, 2.24) is 9.29 Å². The molecule has 1 aromatic heterocycles. The van der Waals surface area contributed by atoms with E-state index >= 15 is 0 Å². The predicted octanol–water partition coefficient (Wildman–Crippen LogP) is 2.36. The fourth-order valence-corrected chi connectivity index (χ4v) is 3.64. The quantitative estimate of drug-likeness (QED) is 0.880. The Bertz CT molecular complexity index is 772. The second-order valence-electron chi connectivity index (χ2n) is 4.79. The average Bonchev–Trinajstić information content (AvgIpc) is 2.57. The van der Waals surface area contributed by atoms with Gasteiger partial charge in [0.25, 0.3) is 5.91 Å². The van der Waals surface area contributed by atoms with Gasteiger partial charge in [-0.3, -0.25) is 4.79 Å². The number of pyridine rings is 1. The van der Waals surface area contributed by atoms with E-state index in [1.807, 2.05) is 0 Å². The van der Waals surface area contributed by atoms with Gasteiger partial charge in [0, 0.05) is 24.8 Å². The zero-order valence-electron chi connectivity index (χ0n) is 13.1. The first kappa shape index (κ1) is 17.1. The Balaban J connectivity index is 2.28. The van der Waals surface area contributed by atoms with Crippen molar-refractivity contribution < 1.29 is 13.2 Å². The summed E-state index contributed by atoms with van der Waals surface area (Å²) in [7, 11) is -3.59. The van der Waals surface area contributed by atoms with Crippen LogP contribution < -0.4 is 5.32 Å². The maximum atomic E-state index is 12.5. The highest BCUT2D eigenvalue weighted by Gasteiger charge is 2.22. The smallest absolute Gasteiger partial charge is 0.256 e. The lowest BCUT2D eigenvalue weighted by molar-refractivity contribution is 0.102. The van der Waals surface area contributed by atoms with Gasteiger partial charge in [-0.25, -0.2) is 13.4 Å². The molecule has 0 unspecified atom stereocenters. The third kappa shape index (κ3) is 3.94. The molecule has 0 aliphatic carbocycles. The Hall–Kier alpha value is -2.25. The molecule has 0 saturated carbocycles. The molecule has 0 atom stereocenters. The molecule has 0 radical (unpaired) electrons. The second-order valence-corrected chi connectivity index (χ2v) is 6.72. The summed E-state index contributed by atoms with van der Waals surface area (Å²) in [5, 5.41) is 2.64. The fourth-order valence-electron chi connectivity index (χ4n) is 2.14. The van der Waals surface area contributed by atoms with Gasteiger partial charge in [-0.1, -0.05) is 26.0 Å². The Labute approximate surface area is 136 Å². The molecule has 122 valence electrons. The summed E-state index contributed by atoms with van der Waals surface area (Å²) in [6.07, 6.45) is 1.57. The standard InChI is InChI=1S/C16H19N3O3S/c1-3-19(4-2)23(21,22)14-9-7-8-13(12-14)16(20)18-15-10-5-6-11-17-15/h5-12H,3-4H2,1-2H3,(H,17,18,20). The van der Waals surface area contributed by atoms with Crippen LogP contribution in [0.1, 0.15) is 24.2 Å². The van der Waals surface area contributed by atoms with Crippen LogP contribution >= 0.6 is 0 Å². The van der Waals surface area contributed by atoms with Crippen molar-refractivity contribution in [2.75, 3.05) is 18.4 Å². The van der Waals surface area contributed by atoms with Gasteiger partial charge in [0.05, 0.1) is 4.90 Å². The number of rotatable bonds is 6. The number of amides is 1. The van der Waals surface area contributed by atoms with E-state index in [0.717, 1.165) is 0 Å². The minimum Gasteiger partial charge on any atom is -0.307 e. The molecule has 7 heteroatoms. The van der Waals surface area contributed by atoms with Gasteiger partial charge in [0.2, 0.25) is 10.0 Å². The predicted molar refractivity (Wildman–Crippen MR) is 88.7 cm³/mol. The van der Waals surface area contributed by atoms with Crippen LogP contribution in [-0.4, -0.2) is 36.7 Å².